The van der Waals surface area contributed by atoms with E-state index < -0.39 is 0 Å². The minimum absolute atomic E-state index is 0.309. The fourth-order valence-electron chi connectivity index (χ4n) is 1.59. The first-order valence-electron chi connectivity index (χ1n) is 5.52. The number of ether oxygens (including phenoxy) is 1. The molecule has 1 aromatic carbocycles. The van der Waals surface area contributed by atoms with Gasteiger partial charge in [0.05, 0.1) is 7.11 Å². The van der Waals surface area contributed by atoms with Gasteiger partial charge in [0, 0.05) is 15.4 Å². The maximum Gasteiger partial charge on any atom is 0.123 e. The van der Waals surface area contributed by atoms with Crippen molar-refractivity contribution in [1.82, 2.24) is 0 Å². The Morgan fingerprint density at radius 2 is 2.00 bits per heavy atom. The Bertz CT molecular complexity index is 339. The van der Waals surface area contributed by atoms with Crippen LogP contribution in [-0.2, 0) is 0 Å². The van der Waals surface area contributed by atoms with Crippen molar-refractivity contribution in [3.05, 3.63) is 28.8 Å². The van der Waals surface area contributed by atoms with Crippen LogP contribution >= 0.6 is 27.5 Å². The van der Waals surface area contributed by atoms with Crippen molar-refractivity contribution in [2.75, 3.05) is 7.11 Å². The van der Waals surface area contributed by atoms with Crippen molar-refractivity contribution in [1.29, 1.82) is 0 Å². The van der Waals surface area contributed by atoms with Crippen LogP contribution in [0.2, 0.25) is 5.02 Å². The van der Waals surface area contributed by atoms with Gasteiger partial charge in [0.1, 0.15) is 5.75 Å². The minimum Gasteiger partial charge on any atom is -0.496 e. The van der Waals surface area contributed by atoms with Gasteiger partial charge in [-0.25, -0.2) is 0 Å². The smallest absolute Gasteiger partial charge is 0.123 e. The third-order valence-corrected chi connectivity index (χ3v) is 3.71. The molecule has 0 fully saturated rings. The summed E-state index contributed by atoms with van der Waals surface area (Å²) in [6.07, 6.45) is 2.28. The molecule has 0 spiro atoms. The Kier molecular flexibility index (Phi) is 5.63. The zero-order valence-electron chi connectivity index (χ0n) is 9.97. The molecule has 0 amide bonds. The average Bonchev–Trinajstić information content (AvgIpc) is 2.25. The number of hydrogen-bond donors (Lipinski definition) is 0. The van der Waals surface area contributed by atoms with Crippen LogP contribution in [0.25, 0.3) is 0 Å². The number of hydrogen-bond acceptors (Lipinski definition) is 1. The van der Waals surface area contributed by atoms with Gasteiger partial charge in [-0.1, -0.05) is 41.4 Å². The highest BCUT2D eigenvalue weighted by molar-refractivity contribution is 9.09. The van der Waals surface area contributed by atoms with Crippen LogP contribution in [0.15, 0.2) is 18.2 Å². The van der Waals surface area contributed by atoms with Crippen LogP contribution in [0, 0.1) is 5.92 Å². The highest BCUT2D eigenvalue weighted by Gasteiger charge is 2.14. The van der Waals surface area contributed by atoms with Crippen LogP contribution < -0.4 is 4.74 Å². The lowest BCUT2D eigenvalue weighted by molar-refractivity contribution is 0.408. The molecule has 0 heterocycles. The van der Waals surface area contributed by atoms with Gasteiger partial charge in [-0.05, 0) is 37.0 Å². The average molecular weight is 306 g/mol. The van der Waals surface area contributed by atoms with E-state index in [2.05, 4.69) is 29.8 Å². The van der Waals surface area contributed by atoms with Crippen LogP contribution in [0.3, 0.4) is 0 Å². The topological polar surface area (TPSA) is 9.23 Å². The Morgan fingerprint density at radius 1 is 1.31 bits per heavy atom. The molecule has 3 heteroatoms. The molecule has 1 aromatic rings. The molecule has 1 rings (SSSR count). The first kappa shape index (κ1) is 13.9. The molecule has 0 aliphatic carbocycles. The van der Waals surface area contributed by atoms with Crippen LogP contribution in [0.4, 0.5) is 0 Å². The quantitative estimate of drug-likeness (QED) is 0.678. The second-order valence-electron chi connectivity index (χ2n) is 4.33. The van der Waals surface area contributed by atoms with Gasteiger partial charge in [0.2, 0.25) is 0 Å². The molecular weight excluding hydrogens is 287 g/mol. The fraction of sp³-hybridized carbons (Fsp3) is 0.538. The first-order valence-corrected chi connectivity index (χ1v) is 6.81. The number of benzene rings is 1. The summed E-state index contributed by atoms with van der Waals surface area (Å²) in [6.45, 7) is 4.46. The van der Waals surface area contributed by atoms with Crippen molar-refractivity contribution in [2.45, 2.75) is 31.5 Å². The first-order chi connectivity index (χ1) is 7.54. The van der Waals surface area contributed by atoms with E-state index in [4.69, 9.17) is 16.3 Å². The standard InChI is InChI=1S/C13H18BrClO/c1-9(2)4-6-12(14)11-8-10(15)5-7-13(11)16-3/h5,7-9,12H,4,6H2,1-3H3. The predicted molar refractivity (Wildman–Crippen MR) is 73.7 cm³/mol. The molecule has 1 nitrogen and oxygen atoms in total. The van der Waals surface area contributed by atoms with E-state index in [9.17, 15) is 0 Å². The molecule has 0 saturated carbocycles. The highest BCUT2D eigenvalue weighted by atomic mass is 79.9. The molecule has 0 aliphatic rings. The van der Waals surface area contributed by atoms with E-state index in [0.717, 1.165) is 22.8 Å². The van der Waals surface area contributed by atoms with E-state index in [-0.39, 0.29) is 0 Å². The molecule has 0 aliphatic heterocycles. The molecule has 1 atom stereocenters. The van der Waals surface area contributed by atoms with Crippen molar-refractivity contribution in [3.8, 4) is 5.75 Å². The van der Waals surface area contributed by atoms with Gasteiger partial charge >= 0.3 is 0 Å². The van der Waals surface area contributed by atoms with E-state index in [0.29, 0.717) is 10.7 Å². The lowest BCUT2D eigenvalue weighted by atomic mass is 10.0. The second kappa shape index (κ2) is 6.51. The van der Waals surface area contributed by atoms with E-state index in [1.165, 1.54) is 6.42 Å². The zero-order valence-corrected chi connectivity index (χ0v) is 12.3. The zero-order chi connectivity index (χ0) is 12.1. The monoisotopic (exact) mass is 304 g/mol. The second-order valence-corrected chi connectivity index (χ2v) is 5.87. The van der Waals surface area contributed by atoms with Crippen molar-refractivity contribution >= 4 is 27.5 Å². The molecule has 0 N–H and O–H groups in total. The van der Waals surface area contributed by atoms with E-state index >= 15 is 0 Å². The van der Waals surface area contributed by atoms with Crippen molar-refractivity contribution in [2.24, 2.45) is 5.92 Å². The summed E-state index contributed by atoms with van der Waals surface area (Å²) in [5.41, 5.74) is 1.13. The maximum atomic E-state index is 6.00. The van der Waals surface area contributed by atoms with E-state index in [1.54, 1.807) is 7.11 Å². The fourth-order valence-corrected chi connectivity index (χ4v) is 2.39. The summed E-state index contributed by atoms with van der Waals surface area (Å²) in [4.78, 5) is 0.309. The SMILES string of the molecule is COc1ccc(Cl)cc1C(Br)CCC(C)C. The van der Waals surface area contributed by atoms with Crippen molar-refractivity contribution < 1.29 is 4.74 Å². The number of alkyl halides is 1. The van der Waals surface area contributed by atoms with Gasteiger partial charge in [-0.15, -0.1) is 0 Å². The van der Waals surface area contributed by atoms with Crippen LogP contribution in [0.1, 0.15) is 37.1 Å². The molecule has 0 radical (unpaired) electrons. The summed E-state index contributed by atoms with van der Waals surface area (Å²) >= 11 is 9.71. The third-order valence-electron chi connectivity index (χ3n) is 2.53. The Labute approximate surface area is 111 Å². The summed E-state index contributed by atoms with van der Waals surface area (Å²) in [5, 5.41) is 0.754. The maximum absolute atomic E-state index is 6.00. The summed E-state index contributed by atoms with van der Waals surface area (Å²) in [7, 11) is 1.69. The molecule has 90 valence electrons. The summed E-state index contributed by atoms with van der Waals surface area (Å²) in [5.74, 6) is 1.61. The largest absolute Gasteiger partial charge is 0.496 e. The summed E-state index contributed by atoms with van der Waals surface area (Å²) < 4.78 is 5.34. The normalized spacial score (nSPS) is 12.9. The number of rotatable bonds is 5. The predicted octanol–water partition coefficient (Wildman–Crippen LogP) is 5.22. The molecule has 0 aromatic heterocycles. The van der Waals surface area contributed by atoms with Gasteiger partial charge in [-0.2, -0.15) is 0 Å². The number of methoxy groups -OCH3 is 1. The summed E-state index contributed by atoms with van der Waals surface area (Å²) in [6, 6.07) is 5.74. The van der Waals surface area contributed by atoms with Gasteiger partial charge in [0.15, 0.2) is 0 Å². The Balaban J connectivity index is 2.80. The molecule has 0 bridgehead atoms. The molecule has 16 heavy (non-hydrogen) atoms. The molecule has 1 unspecified atom stereocenters. The number of halogens is 2. The van der Waals surface area contributed by atoms with E-state index in [1.807, 2.05) is 18.2 Å². The molecule has 0 saturated heterocycles. The lowest BCUT2D eigenvalue weighted by Gasteiger charge is -2.15. The van der Waals surface area contributed by atoms with Crippen LogP contribution in [-0.4, -0.2) is 7.11 Å². The molecular formula is C13H18BrClO. The highest BCUT2D eigenvalue weighted by Crippen LogP contribution is 2.36. The minimum atomic E-state index is 0.309. The van der Waals surface area contributed by atoms with Gasteiger partial charge < -0.3 is 4.74 Å². The third kappa shape index (κ3) is 3.99. The van der Waals surface area contributed by atoms with Crippen molar-refractivity contribution in [3.63, 3.8) is 0 Å². The van der Waals surface area contributed by atoms with Gasteiger partial charge in [-0.3, -0.25) is 0 Å². The Hall–Kier alpha value is -0.210. The van der Waals surface area contributed by atoms with Gasteiger partial charge in [0.25, 0.3) is 0 Å². The Morgan fingerprint density at radius 3 is 2.56 bits per heavy atom. The van der Waals surface area contributed by atoms with Crippen LogP contribution in [0.5, 0.6) is 5.75 Å². The lowest BCUT2D eigenvalue weighted by Crippen LogP contribution is -1.97.